The predicted molar refractivity (Wildman–Crippen MR) is 122 cm³/mol. The molecule has 0 saturated carbocycles. The third-order valence-corrected chi connectivity index (χ3v) is 6.54. The van der Waals surface area contributed by atoms with E-state index in [1.54, 1.807) is 36.4 Å². The molecule has 29 heavy (non-hydrogen) atoms. The molecule has 0 aliphatic carbocycles. The minimum Gasteiger partial charge on any atom is -0.488 e. The van der Waals surface area contributed by atoms with E-state index in [2.05, 4.69) is 15.9 Å². The third kappa shape index (κ3) is 5.52. The molecule has 1 N–H and O–H groups in total. The lowest BCUT2D eigenvalue weighted by atomic mass is 10.2. The van der Waals surface area contributed by atoms with E-state index in [1.165, 1.54) is 0 Å². The number of rotatable bonds is 6. The van der Waals surface area contributed by atoms with Crippen LogP contribution in [0, 0.1) is 0 Å². The Morgan fingerprint density at radius 3 is 2.66 bits per heavy atom. The number of carbonyl (C=O) groups is 2. The van der Waals surface area contributed by atoms with Gasteiger partial charge in [-0.25, -0.2) is 0 Å². The van der Waals surface area contributed by atoms with Crippen LogP contribution in [0.2, 0.25) is 10.0 Å². The van der Waals surface area contributed by atoms with Crippen LogP contribution in [0.4, 0.5) is 0 Å². The van der Waals surface area contributed by atoms with Crippen LogP contribution in [0.3, 0.4) is 0 Å². The summed E-state index contributed by atoms with van der Waals surface area (Å²) in [6.45, 7) is -0.143. The first-order valence-corrected chi connectivity index (χ1v) is 10.9. The standard InChI is InChI=1S/C19H12BrCl2NO4S2/c20-12-5-10(7-16-18(26)23(8-17(24)25)19(28)29-16)2-4-15(12)27-9-11-1-3-13(21)14(22)6-11/h1-7H,8-9H2,(H,24,25)/b16-7-. The summed E-state index contributed by atoms with van der Waals surface area (Å²) in [6, 6.07) is 10.6. The Hall–Kier alpha value is -1.58. The average molecular weight is 533 g/mol. The lowest BCUT2D eigenvalue weighted by molar-refractivity contribution is -0.140. The molecule has 0 spiro atoms. The maximum atomic E-state index is 12.3. The zero-order valence-electron chi connectivity index (χ0n) is 14.5. The van der Waals surface area contributed by atoms with Gasteiger partial charge in [-0.15, -0.1) is 0 Å². The molecule has 0 radical (unpaired) electrons. The number of hydrogen-bond donors (Lipinski definition) is 1. The molecule has 1 heterocycles. The number of ether oxygens (including phenoxy) is 1. The molecule has 1 aliphatic heterocycles. The van der Waals surface area contributed by atoms with E-state index < -0.39 is 18.4 Å². The molecule has 2 aromatic carbocycles. The highest BCUT2D eigenvalue weighted by Gasteiger charge is 2.33. The van der Waals surface area contributed by atoms with Crippen molar-refractivity contribution >= 4 is 85.4 Å². The van der Waals surface area contributed by atoms with E-state index in [4.69, 9.17) is 45.3 Å². The lowest BCUT2D eigenvalue weighted by Gasteiger charge is -2.10. The number of carboxylic acid groups (broad SMARTS) is 1. The number of amides is 1. The van der Waals surface area contributed by atoms with Gasteiger partial charge in [-0.2, -0.15) is 0 Å². The summed E-state index contributed by atoms with van der Waals surface area (Å²) in [5.74, 6) is -0.918. The zero-order chi connectivity index (χ0) is 21.1. The minimum atomic E-state index is -1.12. The van der Waals surface area contributed by atoms with E-state index in [1.807, 2.05) is 6.07 Å². The fourth-order valence-corrected chi connectivity index (χ4v) is 4.52. The molecule has 1 amide bonds. The maximum Gasteiger partial charge on any atom is 0.323 e. The first-order valence-electron chi connectivity index (χ1n) is 8.08. The fraction of sp³-hybridized carbons (Fsp3) is 0.105. The molecule has 5 nitrogen and oxygen atoms in total. The van der Waals surface area contributed by atoms with Crippen molar-refractivity contribution in [2.45, 2.75) is 6.61 Å². The van der Waals surface area contributed by atoms with Gasteiger partial charge in [-0.3, -0.25) is 14.5 Å². The zero-order valence-corrected chi connectivity index (χ0v) is 19.3. The van der Waals surface area contributed by atoms with Crippen LogP contribution in [0.5, 0.6) is 5.75 Å². The Morgan fingerprint density at radius 2 is 2.00 bits per heavy atom. The largest absolute Gasteiger partial charge is 0.488 e. The van der Waals surface area contributed by atoms with Gasteiger partial charge in [0.2, 0.25) is 0 Å². The highest BCUT2D eigenvalue weighted by molar-refractivity contribution is 9.10. The number of halogens is 3. The molecule has 3 rings (SSSR count). The topological polar surface area (TPSA) is 66.8 Å². The summed E-state index contributed by atoms with van der Waals surface area (Å²) in [4.78, 5) is 24.7. The quantitative estimate of drug-likeness (QED) is 0.384. The number of carboxylic acids is 1. The molecular formula is C19H12BrCl2NO4S2. The molecule has 2 aromatic rings. The summed E-state index contributed by atoms with van der Waals surface area (Å²) < 4.78 is 6.73. The molecule has 1 aliphatic rings. The van der Waals surface area contributed by atoms with Gasteiger partial charge >= 0.3 is 5.97 Å². The van der Waals surface area contributed by atoms with Crippen LogP contribution in [0.25, 0.3) is 6.08 Å². The van der Waals surface area contributed by atoms with Crippen LogP contribution in [-0.4, -0.2) is 32.7 Å². The normalized spacial score (nSPS) is 15.3. The van der Waals surface area contributed by atoms with E-state index in [-0.39, 0.29) is 4.32 Å². The van der Waals surface area contributed by atoms with E-state index in [0.717, 1.165) is 27.8 Å². The second-order valence-electron chi connectivity index (χ2n) is 5.89. The minimum absolute atomic E-state index is 0.226. The molecule has 0 unspecified atom stereocenters. The van der Waals surface area contributed by atoms with Gasteiger partial charge in [-0.05, 0) is 57.4 Å². The summed E-state index contributed by atoms with van der Waals surface area (Å²) in [7, 11) is 0. The number of thioether (sulfide) groups is 1. The Balaban J connectivity index is 1.71. The Labute approximate surface area is 194 Å². The predicted octanol–water partition coefficient (Wildman–Crippen LogP) is 5.62. The monoisotopic (exact) mass is 531 g/mol. The van der Waals surface area contributed by atoms with Crippen LogP contribution in [0.1, 0.15) is 11.1 Å². The number of aliphatic carboxylic acids is 1. The number of thiocarbonyl (C=S) groups is 1. The van der Waals surface area contributed by atoms with Crippen molar-refractivity contribution in [1.29, 1.82) is 0 Å². The highest BCUT2D eigenvalue weighted by atomic mass is 79.9. The first kappa shape index (κ1) is 22.1. The maximum absolute atomic E-state index is 12.3. The Bertz CT molecular complexity index is 1040. The lowest BCUT2D eigenvalue weighted by Crippen LogP contribution is -2.33. The van der Waals surface area contributed by atoms with Gasteiger partial charge in [0, 0.05) is 0 Å². The first-order chi connectivity index (χ1) is 13.7. The molecule has 10 heteroatoms. The van der Waals surface area contributed by atoms with Crippen molar-refractivity contribution in [2.24, 2.45) is 0 Å². The highest BCUT2D eigenvalue weighted by Crippen LogP contribution is 2.34. The molecule has 1 fully saturated rings. The van der Waals surface area contributed by atoms with E-state index >= 15 is 0 Å². The molecular weight excluding hydrogens is 521 g/mol. The molecule has 0 aromatic heterocycles. The van der Waals surface area contributed by atoms with Crippen LogP contribution in [-0.2, 0) is 16.2 Å². The molecule has 1 saturated heterocycles. The van der Waals surface area contributed by atoms with Gasteiger partial charge in [0.25, 0.3) is 5.91 Å². The number of carbonyl (C=O) groups excluding carboxylic acids is 1. The van der Waals surface area contributed by atoms with Gasteiger partial charge in [-0.1, -0.05) is 59.3 Å². The van der Waals surface area contributed by atoms with Gasteiger partial charge in [0.1, 0.15) is 23.2 Å². The fourth-order valence-electron chi connectivity index (χ4n) is 2.44. The van der Waals surface area contributed by atoms with Crippen LogP contribution >= 0.6 is 63.1 Å². The second-order valence-corrected chi connectivity index (χ2v) is 9.23. The third-order valence-electron chi connectivity index (χ3n) is 3.80. The summed E-state index contributed by atoms with van der Waals surface area (Å²) in [5, 5.41) is 9.84. The summed E-state index contributed by atoms with van der Waals surface area (Å²) >= 11 is 21.5. The van der Waals surface area contributed by atoms with Crippen molar-refractivity contribution in [1.82, 2.24) is 4.90 Å². The smallest absolute Gasteiger partial charge is 0.323 e. The number of hydrogen-bond acceptors (Lipinski definition) is 5. The number of nitrogens with zero attached hydrogens (tertiary/aromatic N) is 1. The van der Waals surface area contributed by atoms with Crippen molar-refractivity contribution in [3.05, 3.63) is 66.9 Å². The van der Waals surface area contributed by atoms with Crippen molar-refractivity contribution < 1.29 is 19.4 Å². The van der Waals surface area contributed by atoms with E-state index in [9.17, 15) is 9.59 Å². The van der Waals surface area contributed by atoms with E-state index in [0.29, 0.717) is 31.8 Å². The molecule has 0 bridgehead atoms. The molecule has 0 atom stereocenters. The molecule has 150 valence electrons. The Morgan fingerprint density at radius 1 is 1.24 bits per heavy atom. The van der Waals surface area contributed by atoms with Gasteiger partial charge < -0.3 is 9.84 Å². The Kier molecular flexibility index (Phi) is 7.23. The SMILES string of the molecule is O=C(O)CN1C(=O)/C(=C/c2ccc(OCc3ccc(Cl)c(Cl)c3)c(Br)c2)SC1=S. The van der Waals surface area contributed by atoms with Gasteiger partial charge in [0.15, 0.2) is 0 Å². The number of benzene rings is 2. The summed E-state index contributed by atoms with van der Waals surface area (Å²) in [6.07, 6.45) is 1.66. The average Bonchev–Trinajstić information content (AvgIpc) is 2.91. The van der Waals surface area contributed by atoms with Gasteiger partial charge in [0.05, 0.1) is 19.4 Å². The van der Waals surface area contributed by atoms with Crippen LogP contribution < -0.4 is 4.74 Å². The second kappa shape index (κ2) is 9.49. The summed E-state index contributed by atoms with van der Waals surface area (Å²) in [5.41, 5.74) is 1.62. The van der Waals surface area contributed by atoms with Crippen molar-refractivity contribution in [2.75, 3.05) is 6.54 Å². The van der Waals surface area contributed by atoms with Crippen LogP contribution in [0.15, 0.2) is 45.8 Å². The van der Waals surface area contributed by atoms with Crippen molar-refractivity contribution in [3.8, 4) is 5.75 Å². The van der Waals surface area contributed by atoms with Crippen molar-refractivity contribution in [3.63, 3.8) is 0 Å².